The van der Waals surface area contributed by atoms with E-state index in [-0.39, 0.29) is 0 Å². The molecule has 1 atom stereocenters. The van der Waals surface area contributed by atoms with Crippen LogP contribution in [0.4, 0.5) is 0 Å². The molecule has 0 aromatic carbocycles. The van der Waals surface area contributed by atoms with Crippen molar-refractivity contribution in [3.8, 4) is 0 Å². The average molecular weight is 208 g/mol. The summed E-state index contributed by atoms with van der Waals surface area (Å²) in [6.45, 7) is 9.44. The fourth-order valence-corrected chi connectivity index (χ4v) is 1.32. The van der Waals surface area contributed by atoms with Gasteiger partial charge in [-0.2, -0.15) is 0 Å². The van der Waals surface area contributed by atoms with Crippen LogP contribution in [0.15, 0.2) is 0 Å². The third-order valence-corrected chi connectivity index (χ3v) is 2.65. The van der Waals surface area contributed by atoms with Crippen LogP contribution < -0.4 is 0 Å². The molecule has 0 aliphatic carbocycles. The Morgan fingerprint density at radius 2 is 1.92 bits per heavy atom. The lowest BCUT2D eigenvalue weighted by atomic mass is 10.2. The molecule has 0 saturated carbocycles. The monoisotopic (exact) mass is 207 g/mol. The second-order valence-electron chi connectivity index (χ2n) is 3.84. The van der Waals surface area contributed by atoms with E-state index < -0.39 is 0 Å². The van der Waals surface area contributed by atoms with Gasteiger partial charge in [-0.25, -0.2) is 0 Å². The van der Waals surface area contributed by atoms with Crippen LogP contribution in [-0.4, -0.2) is 43.6 Å². The molecule has 0 fully saturated rings. The highest BCUT2D eigenvalue weighted by Crippen LogP contribution is 2.05. The van der Waals surface area contributed by atoms with E-state index in [0.29, 0.717) is 12.0 Å². The molecular formula is C10H22ClNO. The number of hydrogen-bond acceptors (Lipinski definition) is 2. The Bertz CT molecular complexity index is 119. The van der Waals surface area contributed by atoms with Gasteiger partial charge in [0.25, 0.3) is 0 Å². The van der Waals surface area contributed by atoms with Gasteiger partial charge in [-0.3, -0.25) is 4.90 Å². The standard InChI is InChI=1S/C10H22ClNO/c1-9(2)12(5-6-13-4)8-10(3)7-11/h9-10H,5-8H2,1-4H3. The molecule has 0 aromatic heterocycles. The summed E-state index contributed by atoms with van der Waals surface area (Å²) in [5.41, 5.74) is 0. The Morgan fingerprint density at radius 3 is 2.31 bits per heavy atom. The van der Waals surface area contributed by atoms with E-state index in [1.54, 1.807) is 7.11 Å². The summed E-state index contributed by atoms with van der Waals surface area (Å²) in [6.07, 6.45) is 0. The van der Waals surface area contributed by atoms with Gasteiger partial charge in [-0.15, -0.1) is 11.6 Å². The van der Waals surface area contributed by atoms with Crippen molar-refractivity contribution in [2.75, 3.05) is 32.7 Å². The number of hydrogen-bond donors (Lipinski definition) is 0. The fourth-order valence-electron chi connectivity index (χ4n) is 1.22. The number of rotatable bonds is 7. The highest BCUT2D eigenvalue weighted by Gasteiger charge is 2.12. The Morgan fingerprint density at radius 1 is 1.31 bits per heavy atom. The van der Waals surface area contributed by atoms with E-state index in [1.165, 1.54) is 0 Å². The van der Waals surface area contributed by atoms with Crippen LogP contribution in [-0.2, 0) is 4.74 Å². The number of ether oxygens (including phenoxy) is 1. The van der Waals surface area contributed by atoms with E-state index in [9.17, 15) is 0 Å². The van der Waals surface area contributed by atoms with Crippen LogP contribution >= 0.6 is 11.6 Å². The molecule has 13 heavy (non-hydrogen) atoms. The van der Waals surface area contributed by atoms with Gasteiger partial charge in [-0.1, -0.05) is 6.92 Å². The van der Waals surface area contributed by atoms with Crippen LogP contribution in [0, 0.1) is 5.92 Å². The van der Waals surface area contributed by atoms with Gasteiger partial charge in [0, 0.05) is 32.1 Å². The summed E-state index contributed by atoms with van der Waals surface area (Å²) in [4.78, 5) is 2.40. The molecular weight excluding hydrogens is 186 g/mol. The Balaban J connectivity index is 3.79. The maximum atomic E-state index is 5.78. The third-order valence-electron chi connectivity index (χ3n) is 2.12. The minimum atomic E-state index is 0.556. The normalized spacial score (nSPS) is 14.1. The van der Waals surface area contributed by atoms with E-state index in [0.717, 1.165) is 25.6 Å². The maximum Gasteiger partial charge on any atom is 0.0589 e. The molecule has 0 saturated heterocycles. The zero-order valence-electron chi connectivity index (χ0n) is 9.22. The van der Waals surface area contributed by atoms with Gasteiger partial charge in [-0.05, 0) is 19.8 Å². The first-order valence-corrected chi connectivity index (χ1v) is 5.44. The minimum absolute atomic E-state index is 0.556. The fraction of sp³-hybridized carbons (Fsp3) is 1.00. The number of halogens is 1. The van der Waals surface area contributed by atoms with E-state index in [2.05, 4.69) is 25.7 Å². The first kappa shape index (κ1) is 13.2. The smallest absolute Gasteiger partial charge is 0.0589 e. The van der Waals surface area contributed by atoms with Gasteiger partial charge in [0.15, 0.2) is 0 Å². The van der Waals surface area contributed by atoms with Crippen molar-refractivity contribution in [2.24, 2.45) is 5.92 Å². The van der Waals surface area contributed by atoms with Gasteiger partial charge in [0.1, 0.15) is 0 Å². The second-order valence-corrected chi connectivity index (χ2v) is 4.15. The van der Waals surface area contributed by atoms with E-state index >= 15 is 0 Å². The van der Waals surface area contributed by atoms with E-state index in [4.69, 9.17) is 16.3 Å². The topological polar surface area (TPSA) is 12.5 Å². The van der Waals surface area contributed by atoms with Gasteiger partial charge in [0.05, 0.1) is 6.61 Å². The lowest BCUT2D eigenvalue weighted by Gasteiger charge is -2.28. The summed E-state index contributed by atoms with van der Waals surface area (Å²) in [7, 11) is 1.74. The van der Waals surface area contributed by atoms with Crippen molar-refractivity contribution >= 4 is 11.6 Å². The quantitative estimate of drug-likeness (QED) is 0.594. The molecule has 3 heteroatoms. The van der Waals surface area contributed by atoms with Crippen molar-refractivity contribution < 1.29 is 4.74 Å². The molecule has 0 spiro atoms. The molecule has 0 aliphatic rings. The van der Waals surface area contributed by atoms with Gasteiger partial charge < -0.3 is 4.74 Å². The largest absolute Gasteiger partial charge is 0.383 e. The van der Waals surface area contributed by atoms with Crippen LogP contribution in [0.2, 0.25) is 0 Å². The molecule has 0 rings (SSSR count). The molecule has 2 nitrogen and oxygen atoms in total. The molecule has 0 N–H and O–H groups in total. The number of methoxy groups -OCH3 is 1. The first-order chi connectivity index (χ1) is 6.11. The van der Waals surface area contributed by atoms with E-state index in [1.807, 2.05) is 0 Å². The predicted octanol–water partition coefficient (Wildman–Crippen LogP) is 2.22. The van der Waals surface area contributed by atoms with Crippen LogP contribution in [0.3, 0.4) is 0 Å². The van der Waals surface area contributed by atoms with Crippen molar-refractivity contribution in [2.45, 2.75) is 26.8 Å². The predicted molar refractivity (Wildman–Crippen MR) is 58.5 cm³/mol. The first-order valence-electron chi connectivity index (χ1n) is 4.90. The lowest BCUT2D eigenvalue weighted by Crippen LogP contribution is -2.37. The lowest BCUT2D eigenvalue weighted by molar-refractivity contribution is 0.121. The Kier molecular flexibility index (Phi) is 7.72. The summed E-state index contributed by atoms with van der Waals surface area (Å²) in [5.74, 6) is 1.29. The van der Waals surface area contributed by atoms with Crippen molar-refractivity contribution in [1.82, 2.24) is 4.90 Å². The van der Waals surface area contributed by atoms with Crippen LogP contribution in [0.25, 0.3) is 0 Å². The summed E-state index contributed by atoms with van der Waals surface area (Å²) < 4.78 is 5.06. The highest BCUT2D eigenvalue weighted by molar-refractivity contribution is 6.18. The summed E-state index contributed by atoms with van der Waals surface area (Å²) in [5, 5.41) is 0. The second kappa shape index (κ2) is 7.60. The minimum Gasteiger partial charge on any atom is -0.383 e. The Labute approximate surface area is 87.2 Å². The molecule has 80 valence electrons. The van der Waals surface area contributed by atoms with Crippen LogP contribution in [0.1, 0.15) is 20.8 Å². The number of nitrogens with zero attached hydrogens (tertiary/aromatic N) is 1. The molecule has 0 aliphatic heterocycles. The van der Waals surface area contributed by atoms with Crippen LogP contribution in [0.5, 0.6) is 0 Å². The van der Waals surface area contributed by atoms with Gasteiger partial charge in [0.2, 0.25) is 0 Å². The molecule has 1 unspecified atom stereocenters. The Hall–Kier alpha value is 0.210. The zero-order valence-corrected chi connectivity index (χ0v) is 9.97. The molecule has 0 aromatic rings. The molecule has 0 bridgehead atoms. The summed E-state index contributed by atoms with van der Waals surface area (Å²) >= 11 is 5.78. The summed E-state index contributed by atoms with van der Waals surface area (Å²) in [6, 6.07) is 0.570. The maximum absolute atomic E-state index is 5.78. The zero-order chi connectivity index (χ0) is 10.3. The van der Waals surface area contributed by atoms with Crippen molar-refractivity contribution in [3.63, 3.8) is 0 Å². The van der Waals surface area contributed by atoms with Crippen molar-refractivity contribution in [1.29, 1.82) is 0 Å². The SMILES string of the molecule is COCCN(CC(C)CCl)C(C)C. The third kappa shape index (κ3) is 6.30. The number of alkyl halides is 1. The van der Waals surface area contributed by atoms with Crippen molar-refractivity contribution in [3.05, 3.63) is 0 Å². The molecule has 0 heterocycles. The average Bonchev–Trinajstić information content (AvgIpc) is 2.11. The highest BCUT2D eigenvalue weighted by atomic mass is 35.5. The van der Waals surface area contributed by atoms with Gasteiger partial charge >= 0.3 is 0 Å². The molecule has 0 amide bonds. The molecule has 0 radical (unpaired) electrons.